The van der Waals surface area contributed by atoms with Crippen molar-refractivity contribution in [3.05, 3.63) is 59.7 Å². The van der Waals surface area contributed by atoms with Gasteiger partial charge in [-0.3, -0.25) is 14.5 Å². The summed E-state index contributed by atoms with van der Waals surface area (Å²) in [6.07, 6.45) is 3.27. The van der Waals surface area contributed by atoms with Gasteiger partial charge in [0.1, 0.15) is 5.75 Å². The topological polar surface area (TPSA) is 71.1 Å². The molecule has 2 aliphatic heterocycles. The zero-order valence-electron chi connectivity index (χ0n) is 17.7. The quantitative estimate of drug-likeness (QED) is 0.727. The van der Waals surface area contributed by atoms with E-state index in [0.717, 1.165) is 38.4 Å². The summed E-state index contributed by atoms with van der Waals surface area (Å²) < 4.78 is 11.0. The molecule has 0 radical (unpaired) electrons. The Kier molecular flexibility index (Phi) is 6.64. The van der Waals surface area contributed by atoms with Gasteiger partial charge in [-0.05, 0) is 36.8 Å². The molecule has 2 aromatic carbocycles. The summed E-state index contributed by atoms with van der Waals surface area (Å²) >= 11 is 0. The van der Waals surface area contributed by atoms with Crippen molar-refractivity contribution >= 4 is 29.3 Å². The van der Waals surface area contributed by atoms with E-state index in [1.165, 1.54) is 11.6 Å². The van der Waals surface area contributed by atoms with Gasteiger partial charge in [-0.2, -0.15) is 0 Å². The molecule has 0 unspecified atom stereocenters. The normalized spacial score (nSPS) is 16.8. The van der Waals surface area contributed by atoms with Gasteiger partial charge in [0.2, 0.25) is 5.91 Å². The van der Waals surface area contributed by atoms with E-state index in [9.17, 15) is 9.59 Å². The lowest BCUT2D eigenvalue weighted by atomic mass is 10.1. The van der Waals surface area contributed by atoms with Crippen molar-refractivity contribution < 1.29 is 19.1 Å². The van der Waals surface area contributed by atoms with E-state index in [0.29, 0.717) is 23.7 Å². The van der Waals surface area contributed by atoms with E-state index < -0.39 is 0 Å². The van der Waals surface area contributed by atoms with Gasteiger partial charge < -0.3 is 19.7 Å². The fourth-order valence-corrected chi connectivity index (χ4v) is 3.62. The first-order valence-electron chi connectivity index (χ1n) is 10.5. The van der Waals surface area contributed by atoms with Crippen molar-refractivity contribution in [1.82, 2.24) is 4.90 Å². The number of hydrogen-bond donors (Lipinski definition) is 1. The maximum absolute atomic E-state index is 12.5. The summed E-state index contributed by atoms with van der Waals surface area (Å²) in [5.41, 5.74) is 3.43. The number of anilines is 2. The first-order chi connectivity index (χ1) is 15.1. The van der Waals surface area contributed by atoms with Crippen LogP contribution >= 0.6 is 0 Å². The molecule has 0 bridgehead atoms. The highest BCUT2D eigenvalue weighted by Crippen LogP contribution is 2.34. The van der Waals surface area contributed by atoms with Crippen LogP contribution in [0, 0.1) is 6.92 Å². The summed E-state index contributed by atoms with van der Waals surface area (Å²) in [6, 6.07) is 13.3. The standard InChI is InChI=1S/C24H27N3O4/c1-18-2-4-19(5-3-18)6-9-23(28)25-20-7-8-22-21(16-20)27(24(29)17-31-22)11-10-26-12-14-30-15-13-26/h2-9,16H,10-15,17H2,1H3,(H,25,28)/b9-6+. The van der Waals surface area contributed by atoms with Gasteiger partial charge in [0, 0.05) is 37.9 Å². The summed E-state index contributed by atoms with van der Waals surface area (Å²) in [6.45, 7) is 6.57. The van der Waals surface area contributed by atoms with E-state index in [2.05, 4.69) is 10.2 Å². The molecule has 0 spiro atoms. The molecule has 0 aromatic heterocycles. The molecule has 1 fully saturated rings. The first-order valence-corrected chi connectivity index (χ1v) is 10.5. The van der Waals surface area contributed by atoms with Crippen molar-refractivity contribution in [2.75, 3.05) is 56.2 Å². The van der Waals surface area contributed by atoms with Gasteiger partial charge in [0.05, 0.1) is 18.9 Å². The second-order valence-electron chi connectivity index (χ2n) is 7.70. The van der Waals surface area contributed by atoms with Crippen LogP contribution in [-0.4, -0.2) is 62.7 Å². The Morgan fingerprint density at radius 3 is 2.65 bits per heavy atom. The molecule has 31 heavy (non-hydrogen) atoms. The molecule has 7 nitrogen and oxygen atoms in total. The van der Waals surface area contributed by atoms with E-state index in [1.807, 2.05) is 31.2 Å². The highest BCUT2D eigenvalue weighted by Gasteiger charge is 2.26. The summed E-state index contributed by atoms with van der Waals surface area (Å²) in [5.74, 6) is 0.335. The second-order valence-corrected chi connectivity index (χ2v) is 7.70. The molecule has 0 aliphatic carbocycles. The monoisotopic (exact) mass is 421 g/mol. The van der Waals surface area contributed by atoms with Crippen molar-refractivity contribution in [3.8, 4) is 5.75 Å². The number of benzene rings is 2. The number of hydrogen-bond acceptors (Lipinski definition) is 5. The molecule has 2 amide bonds. The van der Waals surface area contributed by atoms with Gasteiger partial charge in [0.15, 0.2) is 6.61 Å². The lowest BCUT2D eigenvalue weighted by molar-refractivity contribution is -0.121. The maximum atomic E-state index is 12.5. The largest absolute Gasteiger partial charge is 0.482 e. The van der Waals surface area contributed by atoms with Gasteiger partial charge >= 0.3 is 0 Å². The number of nitrogens with one attached hydrogen (secondary N) is 1. The van der Waals surface area contributed by atoms with Gasteiger partial charge in [-0.25, -0.2) is 0 Å². The van der Waals surface area contributed by atoms with Crippen LogP contribution in [0.3, 0.4) is 0 Å². The highest BCUT2D eigenvalue weighted by molar-refractivity contribution is 6.03. The number of aryl methyl sites for hydroxylation is 1. The minimum absolute atomic E-state index is 0.0289. The van der Waals surface area contributed by atoms with E-state index in [4.69, 9.17) is 9.47 Å². The average molecular weight is 421 g/mol. The molecule has 2 aliphatic rings. The zero-order chi connectivity index (χ0) is 21.6. The number of rotatable bonds is 6. The Morgan fingerprint density at radius 2 is 1.87 bits per heavy atom. The number of amides is 2. The Morgan fingerprint density at radius 1 is 1.10 bits per heavy atom. The zero-order valence-corrected chi connectivity index (χ0v) is 17.7. The molecule has 0 saturated carbocycles. The van der Waals surface area contributed by atoms with Gasteiger partial charge in [-0.15, -0.1) is 0 Å². The summed E-state index contributed by atoms with van der Waals surface area (Å²) in [4.78, 5) is 28.9. The first kappa shape index (κ1) is 21.1. The number of carbonyl (C=O) groups is 2. The van der Waals surface area contributed by atoms with Crippen molar-refractivity contribution in [1.29, 1.82) is 0 Å². The van der Waals surface area contributed by atoms with E-state index in [-0.39, 0.29) is 18.4 Å². The molecule has 4 rings (SSSR count). The highest BCUT2D eigenvalue weighted by atomic mass is 16.5. The SMILES string of the molecule is Cc1ccc(/C=C/C(=O)Nc2ccc3c(c2)N(CCN2CCOCC2)C(=O)CO3)cc1. The van der Waals surface area contributed by atoms with Crippen LogP contribution in [-0.2, 0) is 14.3 Å². The molecule has 1 N–H and O–H groups in total. The molecule has 162 valence electrons. The second kappa shape index (κ2) is 9.76. The van der Waals surface area contributed by atoms with Crippen LogP contribution in [0.15, 0.2) is 48.5 Å². The van der Waals surface area contributed by atoms with Crippen LogP contribution in [0.25, 0.3) is 6.08 Å². The number of carbonyl (C=O) groups excluding carboxylic acids is 2. The average Bonchev–Trinajstić information content (AvgIpc) is 2.79. The van der Waals surface area contributed by atoms with Crippen LogP contribution < -0.4 is 15.0 Å². The predicted molar refractivity (Wildman–Crippen MR) is 120 cm³/mol. The minimum Gasteiger partial charge on any atom is -0.482 e. The summed E-state index contributed by atoms with van der Waals surface area (Å²) in [5, 5.41) is 2.87. The van der Waals surface area contributed by atoms with Gasteiger partial charge in [-0.1, -0.05) is 29.8 Å². The summed E-state index contributed by atoms with van der Waals surface area (Å²) in [7, 11) is 0. The number of fused-ring (bicyclic) bond motifs is 1. The van der Waals surface area contributed by atoms with E-state index in [1.54, 1.807) is 29.2 Å². The maximum Gasteiger partial charge on any atom is 0.265 e. The lowest BCUT2D eigenvalue weighted by Gasteiger charge is -2.33. The Labute approximate surface area is 182 Å². The van der Waals surface area contributed by atoms with Crippen molar-refractivity contribution in [2.24, 2.45) is 0 Å². The molecule has 7 heteroatoms. The third kappa shape index (κ3) is 5.51. The minimum atomic E-state index is -0.233. The number of nitrogens with zero attached hydrogens (tertiary/aromatic N) is 2. The van der Waals surface area contributed by atoms with Crippen LogP contribution in [0.2, 0.25) is 0 Å². The van der Waals surface area contributed by atoms with Crippen molar-refractivity contribution in [2.45, 2.75) is 6.92 Å². The molecular weight excluding hydrogens is 394 g/mol. The molecule has 0 atom stereocenters. The van der Waals surface area contributed by atoms with Crippen LogP contribution in [0.4, 0.5) is 11.4 Å². The molecule has 2 heterocycles. The molecule has 1 saturated heterocycles. The Bertz CT molecular complexity index is 965. The molecule has 2 aromatic rings. The smallest absolute Gasteiger partial charge is 0.265 e. The van der Waals surface area contributed by atoms with Crippen molar-refractivity contribution in [3.63, 3.8) is 0 Å². The lowest BCUT2D eigenvalue weighted by Crippen LogP contribution is -2.45. The molecular formula is C24H27N3O4. The number of morpholine rings is 1. The van der Waals surface area contributed by atoms with Crippen LogP contribution in [0.5, 0.6) is 5.75 Å². The fraction of sp³-hybridized carbons (Fsp3) is 0.333. The van der Waals surface area contributed by atoms with E-state index >= 15 is 0 Å². The fourth-order valence-electron chi connectivity index (χ4n) is 3.62. The Balaban J connectivity index is 1.43. The van der Waals surface area contributed by atoms with Gasteiger partial charge in [0.25, 0.3) is 5.91 Å². The number of ether oxygens (including phenoxy) is 2. The van der Waals surface area contributed by atoms with Crippen LogP contribution in [0.1, 0.15) is 11.1 Å². The third-order valence-electron chi connectivity index (χ3n) is 5.42. The predicted octanol–water partition coefficient (Wildman–Crippen LogP) is 2.70. The Hall–Kier alpha value is -3.16. The third-order valence-corrected chi connectivity index (χ3v) is 5.42.